The smallest absolute Gasteiger partial charge is 0.410 e. The Morgan fingerprint density at radius 2 is 2.00 bits per heavy atom. The second kappa shape index (κ2) is 5.27. The Kier molecular flexibility index (Phi) is 3.95. The van der Waals surface area contributed by atoms with Crippen LogP contribution in [0.25, 0.3) is 0 Å². The summed E-state index contributed by atoms with van der Waals surface area (Å²) in [5.41, 5.74) is 4.26. The zero-order valence-corrected chi connectivity index (χ0v) is 12.5. The molecule has 2 rings (SSSR count). The second-order valence-electron chi connectivity index (χ2n) is 6.44. The molecule has 1 heterocycles. The van der Waals surface area contributed by atoms with E-state index in [4.69, 9.17) is 10.5 Å². The third kappa shape index (κ3) is 3.33. The molecule has 1 fully saturated rings. The molecular formula is C15H21FN2O3. The van der Waals surface area contributed by atoms with Crippen molar-refractivity contribution in [2.45, 2.75) is 38.0 Å². The molecule has 0 saturated carbocycles. The van der Waals surface area contributed by atoms with Crippen molar-refractivity contribution in [1.82, 2.24) is 4.90 Å². The Morgan fingerprint density at radius 3 is 2.52 bits per heavy atom. The Bertz CT molecular complexity index is 536. The molecule has 0 radical (unpaired) electrons. The summed E-state index contributed by atoms with van der Waals surface area (Å²) < 4.78 is 18.9. The molecule has 1 aromatic rings. The Labute approximate surface area is 123 Å². The zero-order valence-electron chi connectivity index (χ0n) is 12.5. The summed E-state index contributed by atoms with van der Waals surface area (Å²) in [6.07, 6.45) is -0.507. The van der Waals surface area contributed by atoms with Gasteiger partial charge in [0.2, 0.25) is 0 Å². The van der Waals surface area contributed by atoms with Gasteiger partial charge in [0.05, 0.1) is 19.1 Å². The summed E-state index contributed by atoms with van der Waals surface area (Å²) in [4.78, 5) is 13.2. The zero-order chi connectivity index (χ0) is 15.8. The highest BCUT2D eigenvalue weighted by molar-refractivity contribution is 5.69. The van der Waals surface area contributed by atoms with Gasteiger partial charge in [0.1, 0.15) is 17.0 Å². The molecule has 1 amide bonds. The van der Waals surface area contributed by atoms with Crippen LogP contribution in [0.1, 0.15) is 32.4 Å². The minimum atomic E-state index is -1.33. The van der Waals surface area contributed by atoms with Crippen molar-refractivity contribution in [2.75, 3.05) is 13.1 Å². The number of aliphatic hydroxyl groups is 1. The molecule has 0 bridgehead atoms. The topological polar surface area (TPSA) is 75.8 Å². The lowest BCUT2D eigenvalue weighted by atomic mass is 9.82. The molecule has 0 aliphatic carbocycles. The van der Waals surface area contributed by atoms with E-state index in [9.17, 15) is 14.3 Å². The molecule has 0 aromatic heterocycles. The van der Waals surface area contributed by atoms with Crippen molar-refractivity contribution in [2.24, 2.45) is 5.73 Å². The number of hydrogen-bond donors (Lipinski definition) is 2. The number of β-amino-alcohol motifs (C(OH)–C–C–N with tert-alkyl or cyclic N) is 1. The van der Waals surface area contributed by atoms with E-state index in [0.717, 1.165) is 0 Å². The van der Waals surface area contributed by atoms with Gasteiger partial charge in [-0.2, -0.15) is 0 Å². The van der Waals surface area contributed by atoms with E-state index in [0.29, 0.717) is 0 Å². The van der Waals surface area contributed by atoms with E-state index in [1.807, 2.05) is 0 Å². The highest BCUT2D eigenvalue weighted by Crippen LogP contribution is 2.34. The number of benzene rings is 1. The monoisotopic (exact) mass is 296 g/mol. The number of rotatable bonds is 2. The lowest BCUT2D eigenvalue weighted by Gasteiger charge is -2.49. The molecule has 1 aromatic carbocycles. The first-order valence-electron chi connectivity index (χ1n) is 6.83. The fraction of sp³-hybridized carbons (Fsp3) is 0.533. The first-order chi connectivity index (χ1) is 9.62. The molecular weight excluding hydrogens is 275 g/mol. The van der Waals surface area contributed by atoms with Crippen molar-refractivity contribution >= 4 is 6.09 Å². The van der Waals surface area contributed by atoms with Gasteiger partial charge in [-0.25, -0.2) is 9.18 Å². The first kappa shape index (κ1) is 15.7. The maximum absolute atomic E-state index is 13.7. The summed E-state index contributed by atoms with van der Waals surface area (Å²) in [5, 5.41) is 10.4. The number of nitrogens with zero attached hydrogens (tertiary/aromatic N) is 1. The number of ether oxygens (including phenoxy) is 1. The highest BCUT2D eigenvalue weighted by atomic mass is 19.1. The maximum atomic E-state index is 13.7. The van der Waals surface area contributed by atoms with Gasteiger partial charge in [-0.15, -0.1) is 0 Å². The van der Waals surface area contributed by atoms with Crippen molar-refractivity contribution in [3.05, 3.63) is 35.6 Å². The minimum Gasteiger partial charge on any atom is -0.444 e. The summed E-state index contributed by atoms with van der Waals surface area (Å²) in [5.74, 6) is -0.464. The summed E-state index contributed by atoms with van der Waals surface area (Å²) >= 11 is 0. The normalized spacial score (nSPS) is 18.9. The number of halogens is 1. The van der Waals surface area contributed by atoms with Crippen LogP contribution in [0.4, 0.5) is 9.18 Å². The van der Waals surface area contributed by atoms with Crippen molar-refractivity contribution in [3.63, 3.8) is 0 Å². The molecule has 5 nitrogen and oxygen atoms in total. The standard InChI is InChI=1S/C15H21FN2O3/c1-14(2,3)21-13(19)18-8-15(20,9-18)12(17)10-6-4-5-7-11(10)16/h4-7,12,20H,8-9,17H2,1-3H3. The molecule has 1 aliphatic rings. The van der Waals surface area contributed by atoms with Crippen molar-refractivity contribution < 1.29 is 19.0 Å². The second-order valence-corrected chi connectivity index (χ2v) is 6.44. The summed E-state index contributed by atoms with van der Waals surface area (Å²) in [6, 6.07) is 5.16. The van der Waals surface area contributed by atoms with Gasteiger partial charge in [-0.05, 0) is 26.8 Å². The van der Waals surface area contributed by atoms with E-state index in [1.165, 1.54) is 17.0 Å². The molecule has 0 spiro atoms. The summed E-state index contributed by atoms with van der Waals surface area (Å²) in [7, 11) is 0. The number of hydrogen-bond acceptors (Lipinski definition) is 4. The van der Waals surface area contributed by atoms with Gasteiger partial charge in [-0.1, -0.05) is 18.2 Å². The van der Waals surface area contributed by atoms with Crippen LogP contribution in [0.5, 0.6) is 0 Å². The Hall–Kier alpha value is -1.66. The molecule has 1 saturated heterocycles. The van der Waals surface area contributed by atoms with Gasteiger partial charge >= 0.3 is 6.09 Å². The van der Waals surface area contributed by atoms with Crippen LogP contribution in [0, 0.1) is 5.82 Å². The van der Waals surface area contributed by atoms with E-state index >= 15 is 0 Å². The van der Waals surface area contributed by atoms with E-state index in [2.05, 4.69) is 0 Å². The number of carbonyl (C=O) groups excluding carboxylic acids is 1. The number of amides is 1. The van der Waals surface area contributed by atoms with Crippen LogP contribution in [0.2, 0.25) is 0 Å². The van der Waals surface area contributed by atoms with E-state index < -0.39 is 29.2 Å². The third-order valence-electron chi connectivity index (χ3n) is 3.40. The van der Waals surface area contributed by atoms with Crippen LogP contribution in [0.3, 0.4) is 0 Å². The third-order valence-corrected chi connectivity index (χ3v) is 3.40. The average Bonchev–Trinajstić information content (AvgIpc) is 2.32. The molecule has 1 atom stereocenters. The molecule has 116 valence electrons. The Morgan fingerprint density at radius 1 is 1.43 bits per heavy atom. The predicted molar refractivity (Wildman–Crippen MR) is 76.1 cm³/mol. The maximum Gasteiger partial charge on any atom is 0.410 e. The molecule has 1 unspecified atom stereocenters. The molecule has 6 heteroatoms. The quantitative estimate of drug-likeness (QED) is 0.872. The van der Waals surface area contributed by atoms with Gasteiger partial charge in [0.25, 0.3) is 0 Å². The lowest BCUT2D eigenvalue weighted by molar-refractivity contribution is -0.113. The van der Waals surface area contributed by atoms with Crippen molar-refractivity contribution in [1.29, 1.82) is 0 Å². The fourth-order valence-electron chi connectivity index (χ4n) is 2.28. The number of likely N-dealkylation sites (tertiary alicyclic amines) is 1. The van der Waals surface area contributed by atoms with E-state index in [-0.39, 0.29) is 18.7 Å². The lowest BCUT2D eigenvalue weighted by Crippen LogP contribution is -2.68. The van der Waals surface area contributed by atoms with Crippen LogP contribution >= 0.6 is 0 Å². The van der Waals surface area contributed by atoms with Gasteiger partial charge in [0.15, 0.2) is 0 Å². The van der Waals surface area contributed by atoms with Gasteiger partial charge in [-0.3, -0.25) is 0 Å². The predicted octanol–water partition coefficient (Wildman–Crippen LogP) is 1.81. The average molecular weight is 296 g/mol. The highest BCUT2D eigenvalue weighted by Gasteiger charge is 2.50. The molecule has 1 aliphatic heterocycles. The Balaban J connectivity index is 2.01. The van der Waals surface area contributed by atoms with Crippen LogP contribution in [-0.4, -0.2) is 40.4 Å². The van der Waals surface area contributed by atoms with Crippen LogP contribution < -0.4 is 5.73 Å². The van der Waals surface area contributed by atoms with Crippen molar-refractivity contribution in [3.8, 4) is 0 Å². The summed E-state index contributed by atoms with van der Waals surface area (Å²) in [6.45, 7) is 5.35. The van der Waals surface area contributed by atoms with Gasteiger partial charge < -0.3 is 20.5 Å². The minimum absolute atomic E-state index is 0.0252. The van der Waals surface area contributed by atoms with E-state index in [1.54, 1.807) is 32.9 Å². The van der Waals surface area contributed by atoms with Gasteiger partial charge in [0, 0.05) is 5.56 Å². The number of nitrogens with two attached hydrogens (primary N) is 1. The SMILES string of the molecule is CC(C)(C)OC(=O)N1CC(O)(C(N)c2ccccc2F)C1. The first-order valence-corrected chi connectivity index (χ1v) is 6.83. The fourth-order valence-corrected chi connectivity index (χ4v) is 2.28. The van der Waals surface area contributed by atoms with Crippen LogP contribution in [-0.2, 0) is 4.74 Å². The van der Waals surface area contributed by atoms with Crippen LogP contribution in [0.15, 0.2) is 24.3 Å². The largest absolute Gasteiger partial charge is 0.444 e. The number of carbonyl (C=O) groups is 1. The molecule has 3 N–H and O–H groups in total. The molecule has 21 heavy (non-hydrogen) atoms.